The average Bonchev–Trinajstić information content (AvgIpc) is 1.85. The van der Waals surface area contributed by atoms with E-state index in [2.05, 4.69) is 0 Å². The van der Waals surface area contributed by atoms with Gasteiger partial charge < -0.3 is 0 Å². The maximum atomic E-state index is 11.8. The summed E-state index contributed by atoms with van der Waals surface area (Å²) in [4.78, 5) is 1.00. The molecule has 0 saturated heterocycles. The van der Waals surface area contributed by atoms with Gasteiger partial charge in [-0.3, -0.25) is 4.90 Å². The molecule has 0 radical (unpaired) electrons. The van der Waals surface area contributed by atoms with E-state index in [1.54, 1.807) is 13.0 Å². The van der Waals surface area contributed by atoms with Crippen LogP contribution < -0.4 is 0 Å². The highest BCUT2D eigenvalue weighted by Gasteiger charge is 2.31. The van der Waals surface area contributed by atoms with E-state index in [1.807, 2.05) is 0 Å². The Hall–Kier alpha value is -0.760. The summed E-state index contributed by atoms with van der Waals surface area (Å²) >= 11 is 0. The molecule has 70 valence electrons. The number of nitrogens with zero attached hydrogens (tertiary/aromatic N) is 2. The van der Waals surface area contributed by atoms with Gasteiger partial charge >= 0.3 is 6.18 Å². The lowest BCUT2D eigenvalue weighted by atomic mass is 10.2. The zero-order valence-corrected chi connectivity index (χ0v) is 7.02. The van der Waals surface area contributed by atoms with Gasteiger partial charge in [0.2, 0.25) is 0 Å². The van der Waals surface area contributed by atoms with Gasteiger partial charge in [-0.1, -0.05) is 6.92 Å². The molecule has 1 unspecified atom stereocenters. The molecule has 0 aliphatic carbocycles. The molecule has 0 fully saturated rings. The van der Waals surface area contributed by atoms with E-state index in [1.165, 1.54) is 7.05 Å². The van der Waals surface area contributed by atoms with Gasteiger partial charge in [0.25, 0.3) is 0 Å². The SMILES string of the molecule is CCC(C#N)N(C)CC(F)(F)F. The molecule has 2 nitrogen and oxygen atoms in total. The highest BCUT2D eigenvalue weighted by Crippen LogP contribution is 2.17. The summed E-state index contributed by atoms with van der Waals surface area (Å²) in [5.41, 5.74) is 0. The smallest absolute Gasteiger partial charge is 0.283 e. The Labute approximate surface area is 69.6 Å². The largest absolute Gasteiger partial charge is 0.401 e. The zero-order chi connectivity index (χ0) is 9.78. The lowest BCUT2D eigenvalue weighted by molar-refractivity contribution is -0.145. The minimum absolute atomic E-state index is 0.406. The van der Waals surface area contributed by atoms with E-state index in [0.29, 0.717) is 6.42 Å². The van der Waals surface area contributed by atoms with Gasteiger partial charge in [0.1, 0.15) is 0 Å². The second-order valence-corrected chi connectivity index (χ2v) is 2.58. The van der Waals surface area contributed by atoms with Crippen molar-refractivity contribution in [3.8, 4) is 6.07 Å². The van der Waals surface area contributed by atoms with Gasteiger partial charge in [-0.25, -0.2) is 0 Å². The molecule has 0 aliphatic rings. The van der Waals surface area contributed by atoms with Crippen LogP contribution in [0.4, 0.5) is 13.2 Å². The monoisotopic (exact) mass is 180 g/mol. The molecule has 0 aromatic carbocycles. The maximum absolute atomic E-state index is 11.8. The van der Waals surface area contributed by atoms with Crippen molar-refractivity contribution in [1.82, 2.24) is 4.90 Å². The summed E-state index contributed by atoms with van der Waals surface area (Å²) in [5, 5.41) is 8.43. The molecule has 5 heteroatoms. The number of rotatable bonds is 3. The quantitative estimate of drug-likeness (QED) is 0.662. The van der Waals surface area contributed by atoms with Crippen LogP contribution in [0.3, 0.4) is 0 Å². The summed E-state index contributed by atoms with van der Waals surface area (Å²) in [6.45, 7) is 0.653. The predicted octanol–water partition coefficient (Wildman–Crippen LogP) is 1.78. The second-order valence-electron chi connectivity index (χ2n) is 2.58. The van der Waals surface area contributed by atoms with E-state index in [4.69, 9.17) is 5.26 Å². The first kappa shape index (κ1) is 11.2. The Morgan fingerprint density at radius 2 is 2.00 bits per heavy atom. The summed E-state index contributed by atoms with van der Waals surface area (Å²) in [6.07, 6.45) is -3.82. The molecule has 0 rings (SSSR count). The summed E-state index contributed by atoms with van der Waals surface area (Å²) in [7, 11) is 1.30. The lowest BCUT2D eigenvalue weighted by Crippen LogP contribution is -2.37. The number of alkyl halides is 3. The van der Waals surface area contributed by atoms with Crippen molar-refractivity contribution in [3.05, 3.63) is 0 Å². The van der Waals surface area contributed by atoms with Crippen molar-refractivity contribution in [1.29, 1.82) is 5.26 Å². The highest BCUT2D eigenvalue weighted by atomic mass is 19.4. The molecule has 0 saturated carbocycles. The van der Waals surface area contributed by atoms with Gasteiger partial charge in [0.15, 0.2) is 0 Å². The fourth-order valence-corrected chi connectivity index (χ4v) is 0.895. The van der Waals surface area contributed by atoms with Gasteiger partial charge in [-0.2, -0.15) is 18.4 Å². The van der Waals surface area contributed by atoms with Gasteiger partial charge in [0.05, 0.1) is 18.7 Å². The molecule has 0 aromatic heterocycles. The Morgan fingerprint density at radius 1 is 1.50 bits per heavy atom. The summed E-state index contributed by atoms with van der Waals surface area (Å²) in [5.74, 6) is 0. The molecule has 0 aliphatic heterocycles. The van der Waals surface area contributed by atoms with Crippen LogP contribution in [0.5, 0.6) is 0 Å². The van der Waals surface area contributed by atoms with E-state index in [9.17, 15) is 13.2 Å². The van der Waals surface area contributed by atoms with Gasteiger partial charge in [-0.05, 0) is 13.5 Å². The van der Waals surface area contributed by atoms with E-state index < -0.39 is 18.8 Å². The van der Waals surface area contributed by atoms with E-state index in [0.717, 1.165) is 4.90 Å². The first-order valence-corrected chi connectivity index (χ1v) is 3.57. The third-order valence-electron chi connectivity index (χ3n) is 1.50. The molecule has 0 aromatic rings. The fourth-order valence-electron chi connectivity index (χ4n) is 0.895. The lowest BCUT2D eigenvalue weighted by Gasteiger charge is -2.22. The number of halogens is 3. The number of nitriles is 1. The van der Waals surface area contributed by atoms with Crippen LogP contribution in [0.25, 0.3) is 0 Å². The topological polar surface area (TPSA) is 27.0 Å². The third kappa shape index (κ3) is 4.19. The van der Waals surface area contributed by atoms with Gasteiger partial charge in [-0.15, -0.1) is 0 Å². The molecule has 0 spiro atoms. The van der Waals surface area contributed by atoms with Crippen LogP contribution in [0.15, 0.2) is 0 Å². The second kappa shape index (κ2) is 4.31. The van der Waals surface area contributed by atoms with Crippen LogP contribution in [-0.4, -0.2) is 30.7 Å². The van der Waals surface area contributed by atoms with Crippen LogP contribution in [0.1, 0.15) is 13.3 Å². The zero-order valence-electron chi connectivity index (χ0n) is 7.02. The van der Waals surface area contributed by atoms with Crippen LogP contribution in [-0.2, 0) is 0 Å². The van der Waals surface area contributed by atoms with Crippen molar-refractivity contribution in [2.75, 3.05) is 13.6 Å². The van der Waals surface area contributed by atoms with Crippen molar-refractivity contribution < 1.29 is 13.2 Å². The minimum atomic E-state index is -4.22. The molecule has 12 heavy (non-hydrogen) atoms. The Bertz CT molecular complexity index is 170. The predicted molar refractivity (Wildman–Crippen MR) is 38.4 cm³/mol. The molecule has 0 N–H and O–H groups in total. The Balaban J connectivity index is 4.04. The third-order valence-corrected chi connectivity index (χ3v) is 1.50. The van der Waals surface area contributed by atoms with Crippen molar-refractivity contribution in [3.63, 3.8) is 0 Å². The first-order chi connectivity index (χ1) is 5.40. The minimum Gasteiger partial charge on any atom is -0.283 e. The molecule has 0 bridgehead atoms. The normalized spacial score (nSPS) is 14.4. The van der Waals surface area contributed by atoms with Gasteiger partial charge in [0, 0.05) is 0 Å². The fraction of sp³-hybridized carbons (Fsp3) is 0.857. The number of hydrogen-bond donors (Lipinski definition) is 0. The van der Waals surface area contributed by atoms with Crippen LogP contribution in [0.2, 0.25) is 0 Å². The maximum Gasteiger partial charge on any atom is 0.401 e. The van der Waals surface area contributed by atoms with E-state index >= 15 is 0 Å². The molecule has 1 atom stereocenters. The standard InChI is InChI=1S/C7H11F3N2/c1-3-6(4-11)12(2)5-7(8,9)10/h6H,3,5H2,1-2H3. The Morgan fingerprint density at radius 3 is 2.25 bits per heavy atom. The van der Waals surface area contributed by atoms with Crippen molar-refractivity contribution in [2.45, 2.75) is 25.6 Å². The van der Waals surface area contributed by atoms with Crippen molar-refractivity contribution >= 4 is 0 Å². The van der Waals surface area contributed by atoms with Crippen molar-refractivity contribution in [2.24, 2.45) is 0 Å². The highest BCUT2D eigenvalue weighted by molar-refractivity contribution is 4.89. The summed E-state index contributed by atoms with van der Waals surface area (Å²) in [6, 6.07) is 1.15. The first-order valence-electron chi connectivity index (χ1n) is 3.57. The number of hydrogen-bond acceptors (Lipinski definition) is 2. The van der Waals surface area contributed by atoms with E-state index in [-0.39, 0.29) is 0 Å². The van der Waals surface area contributed by atoms with Crippen LogP contribution in [0, 0.1) is 11.3 Å². The average molecular weight is 180 g/mol. The summed E-state index contributed by atoms with van der Waals surface area (Å²) < 4.78 is 35.4. The molecule has 0 heterocycles. The van der Waals surface area contributed by atoms with Crippen LogP contribution >= 0.6 is 0 Å². The molecular formula is C7H11F3N2. The molecule has 0 amide bonds. The Kier molecular flexibility index (Phi) is 4.04. The molecular weight excluding hydrogens is 169 g/mol.